The van der Waals surface area contributed by atoms with Gasteiger partial charge in [0, 0.05) is 23.9 Å². The molecule has 0 fully saturated rings. The monoisotopic (exact) mass is 291 g/mol. The van der Waals surface area contributed by atoms with E-state index in [1.54, 1.807) is 6.92 Å². The molecule has 0 saturated heterocycles. The molecule has 0 bridgehead atoms. The summed E-state index contributed by atoms with van der Waals surface area (Å²) >= 11 is 1.33. The zero-order chi connectivity index (χ0) is 14.5. The van der Waals surface area contributed by atoms with E-state index in [0.29, 0.717) is 10.9 Å². The van der Waals surface area contributed by atoms with Crippen molar-refractivity contribution in [2.45, 2.75) is 37.4 Å². The number of aromatic amines is 1. The van der Waals surface area contributed by atoms with Crippen LogP contribution in [0.2, 0.25) is 0 Å². The SMILES string of the molecule is CCCNc1ncnc(Sc2nc(C)cc(=O)[nH]2)c1C. The van der Waals surface area contributed by atoms with Crippen LogP contribution >= 0.6 is 11.8 Å². The normalized spacial score (nSPS) is 10.6. The molecule has 0 aliphatic rings. The van der Waals surface area contributed by atoms with Crippen LogP contribution in [0.4, 0.5) is 5.82 Å². The molecule has 6 nitrogen and oxygen atoms in total. The van der Waals surface area contributed by atoms with Crippen molar-refractivity contribution in [3.8, 4) is 0 Å². The number of nitrogens with zero attached hydrogens (tertiary/aromatic N) is 3. The van der Waals surface area contributed by atoms with Gasteiger partial charge in [-0.15, -0.1) is 0 Å². The van der Waals surface area contributed by atoms with Gasteiger partial charge in [-0.3, -0.25) is 4.79 Å². The minimum Gasteiger partial charge on any atom is -0.370 e. The van der Waals surface area contributed by atoms with Gasteiger partial charge in [0.05, 0.1) is 0 Å². The quantitative estimate of drug-likeness (QED) is 0.648. The average Bonchev–Trinajstić information content (AvgIpc) is 2.38. The van der Waals surface area contributed by atoms with Gasteiger partial charge < -0.3 is 10.3 Å². The predicted molar refractivity (Wildman–Crippen MR) is 79.3 cm³/mol. The fourth-order valence-corrected chi connectivity index (χ4v) is 2.52. The number of aryl methyl sites for hydroxylation is 1. The summed E-state index contributed by atoms with van der Waals surface area (Å²) < 4.78 is 0. The van der Waals surface area contributed by atoms with Gasteiger partial charge in [0.2, 0.25) is 0 Å². The number of hydrogen-bond acceptors (Lipinski definition) is 6. The summed E-state index contributed by atoms with van der Waals surface area (Å²) in [6, 6.07) is 1.46. The maximum absolute atomic E-state index is 11.4. The van der Waals surface area contributed by atoms with E-state index in [4.69, 9.17) is 0 Å². The summed E-state index contributed by atoms with van der Waals surface area (Å²) in [5.41, 5.74) is 1.48. The highest BCUT2D eigenvalue weighted by atomic mass is 32.2. The van der Waals surface area contributed by atoms with Gasteiger partial charge in [-0.05, 0) is 32.0 Å². The molecule has 0 aromatic carbocycles. The molecule has 2 heterocycles. The number of hydrogen-bond donors (Lipinski definition) is 2. The van der Waals surface area contributed by atoms with E-state index in [-0.39, 0.29) is 5.56 Å². The lowest BCUT2D eigenvalue weighted by Crippen LogP contribution is -2.09. The Labute approximate surface area is 121 Å². The Bertz CT molecular complexity index is 655. The molecule has 0 spiro atoms. The Morgan fingerprint density at radius 3 is 2.85 bits per heavy atom. The largest absolute Gasteiger partial charge is 0.370 e. The molecule has 7 heteroatoms. The third-order valence-electron chi connectivity index (χ3n) is 2.62. The van der Waals surface area contributed by atoms with Crippen LogP contribution in [0, 0.1) is 13.8 Å². The Morgan fingerprint density at radius 1 is 1.35 bits per heavy atom. The van der Waals surface area contributed by atoms with Gasteiger partial charge in [0.15, 0.2) is 5.16 Å². The predicted octanol–water partition coefficient (Wildman–Crippen LogP) is 2.15. The van der Waals surface area contributed by atoms with Crippen LogP contribution in [-0.4, -0.2) is 26.5 Å². The number of H-pyrrole nitrogens is 1. The zero-order valence-electron chi connectivity index (χ0n) is 11.7. The smallest absolute Gasteiger partial charge is 0.251 e. The van der Waals surface area contributed by atoms with E-state index >= 15 is 0 Å². The molecule has 106 valence electrons. The first-order valence-corrected chi connectivity index (χ1v) is 7.23. The second-order valence-corrected chi connectivity index (χ2v) is 5.35. The molecule has 0 radical (unpaired) electrons. The fraction of sp³-hybridized carbons (Fsp3) is 0.385. The molecule has 0 atom stereocenters. The van der Waals surface area contributed by atoms with E-state index in [1.807, 2.05) is 6.92 Å². The molecule has 0 aliphatic carbocycles. The summed E-state index contributed by atoms with van der Waals surface area (Å²) in [5.74, 6) is 0.819. The topological polar surface area (TPSA) is 83.6 Å². The lowest BCUT2D eigenvalue weighted by Gasteiger charge is -2.10. The summed E-state index contributed by atoms with van der Waals surface area (Å²) in [6.45, 7) is 6.71. The van der Waals surface area contributed by atoms with E-state index in [0.717, 1.165) is 29.4 Å². The molecule has 2 aromatic heterocycles. The van der Waals surface area contributed by atoms with Gasteiger partial charge in [-0.1, -0.05) is 6.92 Å². The number of anilines is 1. The van der Waals surface area contributed by atoms with Crippen molar-refractivity contribution in [3.05, 3.63) is 34.0 Å². The second kappa shape index (κ2) is 6.51. The first-order valence-electron chi connectivity index (χ1n) is 6.41. The average molecular weight is 291 g/mol. The third kappa shape index (κ3) is 3.57. The van der Waals surface area contributed by atoms with Gasteiger partial charge >= 0.3 is 0 Å². The number of nitrogens with one attached hydrogen (secondary N) is 2. The zero-order valence-corrected chi connectivity index (χ0v) is 12.5. The van der Waals surface area contributed by atoms with E-state index < -0.39 is 0 Å². The lowest BCUT2D eigenvalue weighted by atomic mass is 10.3. The first kappa shape index (κ1) is 14.5. The molecule has 0 aliphatic heterocycles. The molecule has 2 aromatic rings. The van der Waals surface area contributed by atoms with Crippen LogP contribution < -0.4 is 10.9 Å². The van der Waals surface area contributed by atoms with Crippen molar-refractivity contribution in [2.24, 2.45) is 0 Å². The highest BCUT2D eigenvalue weighted by molar-refractivity contribution is 7.99. The molecule has 2 N–H and O–H groups in total. The van der Waals surface area contributed by atoms with E-state index in [9.17, 15) is 4.79 Å². The minimum absolute atomic E-state index is 0.156. The van der Waals surface area contributed by atoms with Crippen LogP contribution in [-0.2, 0) is 0 Å². The first-order chi connectivity index (χ1) is 9.60. The van der Waals surface area contributed by atoms with Gasteiger partial charge in [0.25, 0.3) is 5.56 Å². The highest BCUT2D eigenvalue weighted by Crippen LogP contribution is 2.27. The number of aromatic nitrogens is 4. The molecule has 20 heavy (non-hydrogen) atoms. The van der Waals surface area contributed by atoms with Crippen molar-refractivity contribution < 1.29 is 0 Å². The van der Waals surface area contributed by atoms with Crippen LogP contribution in [0.3, 0.4) is 0 Å². The lowest BCUT2D eigenvalue weighted by molar-refractivity contribution is 0.895. The standard InChI is InChI=1S/C13H17N5OS/c1-4-5-14-11-9(3)12(16-7-15-11)20-13-17-8(2)6-10(19)18-13/h6-7H,4-5H2,1-3H3,(H,14,15,16)(H,17,18,19). The number of rotatable bonds is 5. The summed E-state index contributed by atoms with van der Waals surface area (Å²) in [4.78, 5) is 26.9. The Balaban J connectivity index is 2.27. The van der Waals surface area contributed by atoms with Crippen LogP contribution in [0.15, 0.2) is 27.4 Å². The van der Waals surface area contributed by atoms with Crippen LogP contribution in [0.25, 0.3) is 0 Å². The molecule has 2 rings (SSSR count). The van der Waals surface area contributed by atoms with Crippen molar-refractivity contribution in [3.63, 3.8) is 0 Å². The van der Waals surface area contributed by atoms with Gasteiger partial charge in [0.1, 0.15) is 17.2 Å². The van der Waals surface area contributed by atoms with Crippen molar-refractivity contribution in [1.82, 2.24) is 19.9 Å². The van der Waals surface area contributed by atoms with E-state index in [1.165, 1.54) is 24.2 Å². The van der Waals surface area contributed by atoms with Gasteiger partial charge in [-0.2, -0.15) is 0 Å². The maximum Gasteiger partial charge on any atom is 0.251 e. The second-order valence-electron chi connectivity index (χ2n) is 4.37. The van der Waals surface area contributed by atoms with Crippen LogP contribution in [0.5, 0.6) is 0 Å². The Morgan fingerprint density at radius 2 is 2.15 bits per heavy atom. The van der Waals surface area contributed by atoms with Crippen molar-refractivity contribution >= 4 is 17.6 Å². The maximum atomic E-state index is 11.4. The third-order valence-corrected chi connectivity index (χ3v) is 3.61. The highest BCUT2D eigenvalue weighted by Gasteiger charge is 2.10. The van der Waals surface area contributed by atoms with Crippen LogP contribution in [0.1, 0.15) is 24.6 Å². The molecule has 0 saturated carbocycles. The van der Waals surface area contributed by atoms with Crippen molar-refractivity contribution in [2.75, 3.05) is 11.9 Å². The Kier molecular flexibility index (Phi) is 4.73. The minimum atomic E-state index is -0.156. The molecular formula is C13H17N5OS. The summed E-state index contributed by atoms with van der Waals surface area (Å²) in [5, 5.41) is 4.58. The van der Waals surface area contributed by atoms with Crippen molar-refractivity contribution in [1.29, 1.82) is 0 Å². The van der Waals surface area contributed by atoms with E-state index in [2.05, 4.69) is 32.2 Å². The fourth-order valence-electron chi connectivity index (χ4n) is 1.65. The summed E-state index contributed by atoms with van der Waals surface area (Å²) in [6.07, 6.45) is 2.54. The molecule has 0 amide bonds. The molecule has 0 unspecified atom stereocenters. The Hall–Kier alpha value is -1.89. The molecular weight excluding hydrogens is 274 g/mol. The van der Waals surface area contributed by atoms with Gasteiger partial charge in [-0.25, -0.2) is 15.0 Å². The summed E-state index contributed by atoms with van der Waals surface area (Å²) in [7, 11) is 0.